The molecular formula is C13H21ClN2O. The fourth-order valence-electron chi connectivity index (χ4n) is 2.06. The summed E-state index contributed by atoms with van der Waals surface area (Å²) in [5.41, 5.74) is 1.31. The molecule has 0 spiro atoms. The van der Waals surface area contributed by atoms with Gasteiger partial charge in [0.15, 0.2) is 0 Å². The average molecular weight is 257 g/mol. The Balaban J connectivity index is 0.00000144. The van der Waals surface area contributed by atoms with Crippen LogP contribution in [0.15, 0.2) is 24.3 Å². The van der Waals surface area contributed by atoms with E-state index < -0.39 is 0 Å². The van der Waals surface area contributed by atoms with E-state index in [4.69, 9.17) is 4.74 Å². The largest absolute Gasteiger partial charge is 1.00 e. The van der Waals surface area contributed by atoms with Crippen LogP contribution in [0.3, 0.4) is 0 Å². The van der Waals surface area contributed by atoms with E-state index in [1.807, 2.05) is 12.1 Å². The number of hydrogen-bond acceptors (Lipinski definition) is 2. The molecule has 1 saturated heterocycles. The van der Waals surface area contributed by atoms with Gasteiger partial charge in [-0.1, -0.05) is 0 Å². The number of quaternary nitrogens is 1. The van der Waals surface area contributed by atoms with Crippen LogP contribution >= 0.6 is 0 Å². The first-order valence-electron chi connectivity index (χ1n) is 5.82. The van der Waals surface area contributed by atoms with Crippen molar-refractivity contribution in [2.75, 3.05) is 52.3 Å². The molecule has 0 aliphatic carbocycles. The number of likely N-dealkylation sites (N-methyl/N-ethyl adjacent to an activating group) is 1. The molecule has 0 saturated carbocycles. The van der Waals surface area contributed by atoms with Crippen molar-refractivity contribution in [1.82, 2.24) is 0 Å². The highest BCUT2D eigenvalue weighted by molar-refractivity contribution is 5.49. The van der Waals surface area contributed by atoms with Gasteiger partial charge in [-0.05, 0) is 24.3 Å². The summed E-state index contributed by atoms with van der Waals surface area (Å²) in [4.78, 5) is 2.45. The lowest BCUT2D eigenvalue weighted by atomic mass is 10.2. The van der Waals surface area contributed by atoms with Crippen molar-refractivity contribution in [3.8, 4) is 5.75 Å². The van der Waals surface area contributed by atoms with E-state index in [0.29, 0.717) is 0 Å². The van der Waals surface area contributed by atoms with E-state index in [1.165, 1.54) is 18.8 Å². The molecule has 1 aromatic carbocycles. The summed E-state index contributed by atoms with van der Waals surface area (Å²) >= 11 is 0. The molecule has 17 heavy (non-hydrogen) atoms. The molecule has 1 heterocycles. The maximum absolute atomic E-state index is 5.17. The van der Waals surface area contributed by atoms with Crippen LogP contribution in [0, 0.1) is 0 Å². The van der Waals surface area contributed by atoms with Crippen LogP contribution in [0.1, 0.15) is 0 Å². The summed E-state index contributed by atoms with van der Waals surface area (Å²) in [6.07, 6.45) is 0. The lowest BCUT2D eigenvalue weighted by Crippen LogP contribution is -3.00. The molecule has 2 rings (SSSR count). The second kappa shape index (κ2) is 5.61. The van der Waals surface area contributed by atoms with Gasteiger partial charge in [0.2, 0.25) is 0 Å². The summed E-state index contributed by atoms with van der Waals surface area (Å²) in [6.45, 7) is 4.71. The monoisotopic (exact) mass is 256 g/mol. The molecule has 0 N–H and O–H groups in total. The number of halogens is 1. The van der Waals surface area contributed by atoms with E-state index in [2.05, 4.69) is 31.1 Å². The van der Waals surface area contributed by atoms with E-state index in [0.717, 1.165) is 23.3 Å². The minimum atomic E-state index is 0. The van der Waals surface area contributed by atoms with Crippen molar-refractivity contribution in [3.63, 3.8) is 0 Å². The number of ether oxygens (including phenoxy) is 1. The molecule has 0 amide bonds. The number of methoxy groups -OCH3 is 1. The molecule has 3 nitrogen and oxygen atoms in total. The van der Waals surface area contributed by atoms with Gasteiger partial charge in [0.05, 0.1) is 47.4 Å². The Morgan fingerprint density at radius 2 is 1.59 bits per heavy atom. The van der Waals surface area contributed by atoms with Crippen LogP contribution in [-0.4, -0.2) is 51.9 Å². The number of hydrogen-bond donors (Lipinski definition) is 0. The smallest absolute Gasteiger partial charge is 0.119 e. The van der Waals surface area contributed by atoms with Gasteiger partial charge in [0.1, 0.15) is 5.75 Å². The molecule has 1 aliphatic rings. The molecule has 1 aliphatic heterocycles. The van der Waals surface area contributed by atoms with Crippen LogP contribution in [0.2, 0.25) is 0 Å². The third kappa shape index (κ3) is 3.51. The predicted molar refractivity (Wildman–Crippen MR) is 67.0 cm³/mol. The van der Waals surface area contributed by atoms with Crippen LogP contribution in [-0.2, 0) is 0 Å². The topological polar surface area (TPSA) is 12.5 Å². The van der Waals surface area contributed by atoms with Gasteiger partial charge >= 0.3 is 0 Å². The first-order chi connectivity index (χ1) is 7.61. The lowest BCUT2D eigenvalue weighted by Gasteiger charge is -2.40. The number of piperazine rings is 1. The van der Waals surface area contributed by atoms with Crippen LogP contribution in [0.5, 0.6) is 5.75 Å². The molecule has 0 aromatic heterocycles. The zero-order chi connectivity index (χ0) is 11.6. The van der Waals surface area contributed by atoms with Crippen LogP contribution in [0.4, 0.5) is 5.69 Å². The highest BCUT2D eigenvalue weighted by Crippen LogP contribution is 2.21. The standard InChI is InChI=1S/C13H21N2O.ClH/c1-15(2)10-8-14(9-11-15)12-4-6-13(16-3)7-5-12;/h4-7H,8-11H2,1-3H3;1H/q+1;/p-1. The van der Waals surface area contributed by atoms with Gasteiger partial charge in [-0.3, -0.25) is 0 Å². The Labute approximate surface area is 110 Å². The lowest BCUT2D eigenvalue weighted by molar-refractivity contribution is -0.890. The quantitative estimate of drug-likeness (QED) is 0.604. The summed E-state index contributed by atoms with van der Waals surface area (Å²) in [7, 11) is 6.30. The highest BCUT2D eigenvalue weighted by atomic mass is 35.5. The van der Waals surface area contributed by atoms with Gasteiger partial charge < -0.3 is 26.5 Å². The molecule has 0 radical (unpaired) electrons. The van der Waals surface area contributed by atoms with Crippen LogP contribution in [0.25, 0.3) is 0 Å². The third-order valence-electron chi connectivity index (χ3n) is 3.39. The van der Waals surface area contributed by atoms with E-state index in [9.17, 15) is 0 Å². The van der Waals surface area contributed by atoms with Crippen molar-refractivity contribution in [2.45, 2.75) is 0 Å². The van der Waals surface area contributed by atoms with E-state index >= 15 is 0 Å². The second-order valence-electron chi connectivity index (χ2n) is 5.07. The summed E-state index contributed by atoms with van der Waals surface area (Å²) in [6, 6.07) is 8.35. The number of anilines is 1. The number of nitrogens with zero attached hydrogens (tertiary/aromatic N) is 2. The van der Waals surface area contributed by atoms with Crippen molar-refractivity contribution >= 4 is 5.69 Å². The zero-order valence-corrected chi connectivity index (χ0v) is 11.6. The molecule has 1 aromatic rings. The van der Waals surface area contributed by atoms with Crippen LogP contribution < -0.4 is 22.0 Å². The molecular weight excluding hydrogens is 236 g/mol. The van der Waals surface area contributed by atoms with Gasteiger partial charge in [-0.15, -0.1) is 0 Å². The van der Waals surface area contributed by atoms with Gasteiger partial charge in [0, 0.05) is 5.69 Å². The first-order valence-corrected chi connectivity index (χ1v) is 5.82. The summed E-state index contributed by atoms with van der Waals surface area (Å²) in [5.74, 6) is 0.928. The number of benzene rings is 1. The normalized spacial score (nSPS) is 18.4. The Hall–Kier alpha value is -0.930. The van der Waals surface area contributed by atoms with Crippen molar-refractivity contribution in [1.29, 1.82) is 0 Å². The molecule has 0 atom stereocenters. The Bertz CT molecular complexity index is 341. The summed E-state index contributed by atoms with van der Waals surface area (Å²) < 4.78 is 6.30. The Morgan fingerprint density at radius 1 is 1.06 bits per heavy atom. The van der Waals surface area contributed by atoms with Crippen molar-refractivity contribution in [3.05, 3.63) is 24.3 Å². The first kappa shape index (κ1) is 14.1. The minimum Gasteiger partial charge on any atom is -1.00 e. The molecule has 96 valence electrons. The number of rotatable bonds is 2. The minimum absolute atomic E-state index is 0. The maximum atomic E-state index is 5.17. The molecule has 0 bridgehead atoms. The Morgan fingerprint density at radius 3 is 2.06 bits per heavy atom. The van der Waals surface area contributed by atoms with Crippen molar-refractivity contribution < 1.29 is 21.6 Å². The highest BCUT2D eigenvalue weighted by Gasteiger charge is 2.24. The van der Waals surface area contributed by atoms with Gasteiger partial charge in [-0.2, -0.15) is 0 Å². The van der Waals surface area contributed by atoms with E-state index in [1.54, 1.807) is 7.11 Å². The van der Waals surface area contributed by atoms with Crippen molar-refractivity contribution in [2.24, 2.45) is 0 Å². The summed E-state index contributed by atoms with van der Waals surface area (Å²) in [5, 5.41) is 0. The van der Waals surface area contributed by atoms with Gasteiger partial charge in [-0.25, -0.2) is 0 Å². The third-order valence-corrected chi connectivity index (χ3v) is 3.39. The van der Waals surface area contributed by atoms with E-state index in [-0.39, 0.29) is 12.4 Å². The average Bonchev–Trinajstić information content (AvgIpc) is 2.29. The fraction of sp³-hybridized carbons (Fsp3) is 0.538. The molecule has 4 heteroatoms. The second-order valence-corrected chi connectivity index (χ2v) is 5.07. The fourth-order valence-corrected chi connectivity index (χ4v) is 2.06. The zero-order valence-electron chi connectivity index (χ0n) is 10.8. The SMILES string of the molecule is COc1ccc(N2CC[N+](C)(C)CC2)cc1.[Cl-]. The predicted octanol–water partition coefficient (Wildman–Crippen LogP) is -1.40. The molecule has 0 unspecified atom stereocenters. The Kier molecular flexibility index (Phi) is 4.66. The maximum Gasteiger partial charge on any atom is 0.119 e. The molecule has 1 fully saturated rings. The van der Waals surface area contributed by atoms with Gasteiger partial charge in [0.25, 0.3) is 0 Å².